The number of nitrogens with zero attached hydrogens (tertiary/aromatic N) is 4. The maximum Gasteiger partial charge on any atom is 0.260 e. The van der Waals surface area contributed by atoms with Crippen LogP contribution in [-0.4, -0.2) is 98.5 Å². The van der Waals surface area contributed by atoms with Crippen LogP contribution in [0.3, 0.4) is 0 Å². The number of sulfonamides is 1. The van der Waals surface area contributed by atoms with Crippen molar-refractivity contribution in [3.63, 3.8) is 0 Å². The number of aliphatic hydroxyl groups is 1. The first-order valence-corrected chi connectivity index (χ1v) is 14.5. The van der Waals surface area contributed by atoms with Gasteiger partial charge in [-0.2, -0.15) is 9.29 Å². The van der Waals surface area contributed by atoms with Crippen LogP contribution in [0.2, 0.25) is 0 Å². The molecular weight excluding hydrogens is 512 g/mol. The second kappa shape index (κ2) is 11.9. The average Bonchev–Trinajstić information content (AvgIpc) is 2.95. The minimum Gasteiger partial charge on any atom is -0.393 e. The molecule has 1 aromatic carbocycles. The van der Waals surface area contributed by atoms with Crippen LogP contribution in [0.5, 0.6) is 0 Å². The minimum absolute atomic E-state index is 0.0852. The molecule has 3 aliphatic rings. The van der Waals surface area contributed by atoms with Gasteiger partial charge in [-0.05, 0) is 49.9 Å². The van der Waals surface area contributed by atoms with Crippen LogP contribution in [0.4, 0.5) is 17.5 Å². The first kappa shape index (κ1) is 26.8. The maximum absolute atomic E-state index is 13.3. The zero-order valence-corrected chi connectivity index (χ0v) is 22.0. The summed E-state index contributed by atoms with van der Waals surface area (Å²) in [5.74, 6) is 0.563. The molecule has 3 fully saturated rings. The fraction of sp³-hybridized carbons (Fsp3) is 0.560. The highest BCUT2D eigenvalue weighted by Gasteiger charge is 2.27. The molecule has 0 unspecified atom stereocenters. The normalized spacial score (nSPS) is 23.1. The Morgan fingerprint density at radius 3 is 2.24 bits per heavy atom. The topological polar surface area (TPSA) is 146 Å². The third-order valence-corrected chi connectivity index (χ3v) is 8.99. The molecule has 0 bridgehead atoms. The van der Waals surface area contributed by atoms with E-state index in [0.29, 0.717) is 82.9 Å². The van der Waals surface area contributed by atoms with Crippen LogP contribution in [0.15, 0.2) is 35.4 Å². The van der Waals surface area contributed by atoms with E-state index in [4.69, 9.17) is 14.5 Å². The highest BCUT2D eigenvalue weighted by Crippen LogP contribution is 2.26. The maximum atomic E-state index is 13.3. The molecule has 0 spiro atoms. The van der Waals surface area contributed by atoms with Crippen molar-refractivity contribution in [1.29, 1.82) is 0 Å². The highest BCUT2D eigenvalue weighted by atomic mass is 32.2. The molecule has 2 aromatic rings. The second-order valence-electron chi connectivity index (χ2n) is 9.68. The Hall–Kier alpha value is -2.84. The lowest BCUT2D eigenvalue weighted by Gasteiger charge is -2.29. The summed E-state index contributed by atoms with van der Waals surface area (Å²) >= 11 is 0. The molecule has 1 amide bonds. The smallest absolute Gasteiger partial charge is 0.260 e. The van der Waals surface area contributed by atoms with E-state index in [1.54, 1.807) is 12.1 Å². The molecule has 2 aliphatic heterocycles. The molecule has 38 heavy (non-hydrogen) atoms. The van der Waals surface area contributed by atoms with Crippen LogP contribution in [0.1, 0.15) is 36.0 Å². The molecular formula is C25H34N6O6S. The first-order chi connectivity index (χ1) is 18.4. The molecule has 12 nitrogen and oxygen atoms in total. The molecule has 13 heteroatoms. The Labute approximate surface area is 222 Å². The van der Waals surface area contributed by atoms with E-state index in [1.165, 1.54) is 22.6 Å². The minimum atomic E-state index is -3.62. The monoisotopic (exact) mass is 546 g/mol. The van der Waals surface area contributed by atoms with Crippen molar-refractivity contribution in [2.24, 2.45) is 0 Å². The Bertz CT molecular complexity index is 1210. The number of amides is 1. The molecule has 1 aromatic heterocycles. The molecule has 206 valence electrons. The number of hydrogen-bond donors (Lipinski definition) is 3. The first-order valence-electron chi connectivity index (χ1n) is 13.0. The number of morpholine rings is 2. The van der Waals surface area contributed by atoms with E-state index in [9.17, 15) is 18.3 Å². The Kier molecular flexibility index (Phi) is 8.39. The number of nitrogens with one attached hydrogen (secondary N) is 2. The van der Waals surface area contributed by atoms with Crippen LogP contribution in [0.25, 0.3) is 0 Å². The van der Waals surface area contributed by atoms with Gasteiger partial charge in [0.05, 0.1) is 37.4 Å². The van der Waals surface area contributed by atoms with Gasteiger partial charge in [0.15, 0.2) is 0 Å². The van der Waals surface area contributed by atoms with E-state index in [1.807, 2.05) is 4.90 Å². The van der Waals surface area contributed by atoms with Gasteiger partial charge in [-0.1, -0.05) is 0 Å². The number of aromatic nitrogens is 2. The fourth-order valence-electron chi connectivity index (χ4n) is 4.82. The van der Waals surface area contributed by atoms with Gasteiger partial charge in [-0.3, -0.25) is 4.79 Å². The molecule has 1 saturated carbocycles. The van der Waals surface area contributed by atoms with Crippen molar-refractivity contribution in [2.75, 3.05) is 68.1 Å². The van der Waals surface area contributed by atoms with E-state index in [2.05, 4.69) is 15.6 Å². The van der Waals surface area contributed by atoms with Gasteiger partial charge < -0.3 is 30.1 Å². The van der Waals surface area contributed by atoms with Gasteiger partial charge >= 0.3 is 0 Å². The number of ether oxygens (including phenoxy) is 2. The number of rotatable bonds is 7. The summed E-state index contributed by atoms with van der Waals surface area (Å²) < 4.78 is 37.9. The fourth-order valence-corrected chi connectivity index (χ4v) is 6.23. The van der Waals surface area contributed by atoms with Crippen LogP contribution in [0, 0.1) is 0 Å². The van der Waals surface area contributed by atoms with Crippen LogP contribution >= 0.6 is 0 Å². The van der Waals surface area contributed by atoms with Crippen LogP contribution in [-0.2, 0) is 19.5 Å². The SMILES string of the molecule is O=C(Nc1ccc(S(=O)(=O)N2CCOCC2)cc1)c1cnc(N2CCOCC2)nc1NC1CCC(O)CC1. The summed E-state index contributed by atoms with van der Waals surface area (Å²) in [6.07, 6.45) is 4.17. The molecule has 0 radical (unpaired) electrons. The number of carbonyl (C=O) groups is 1. The lowest BCUT2D eigenvalue weighted by Crippen LogP contribution is -2.40. The van der Waals surface area contributed by atoms with Crippen molar-refractivity contribution in [1.82, 2.24) is 14.3 Å². The van der Waals surface area contributed by atoms with Gasteiger partial charge in [0.1, 0.15) is 11.4 Å². The molecule has 0 atom stereocenters. The zero-order valence-electron chi connectivity index (χ0n) is 21.2. The van der Waals surface area contributed by atoms with Crippen molar-refractivity contribution in [2.45, 2.75) is 42.7 Å². The Morgan fingerprint density at radius 1 is 0.947 bits per heavy atom. The molecule has 1 aliphatic carbocycles. The molecule has 3 heterocycles. The molecule has 2 saturated heterocycles. The number of anilines is 3. The Balaban J connectivity index is 1.33. The lowest BCUT2D eigenvalue weighted by molar-refractivity contribution is 0.0730. The average molecular weight is 547 g/mol. The van der Waals surface area contributed by atoms with Crippen molar-refractivity contribution in [3.05, 3.63) is 36.0 Å². The summed E-state index contributed by atoms with van der Waals surface area (Å²) in [6, 6.07) is 6.21. The predicted octanol–water partition coefficient (Wildman–Crippen LogP) is 1.30. The van der Waals surface area contributed by atoms with Gasteiger partial charge in [0.25, 0.3) is 5.91 Å². The Morgan fingerprint density at radius 2 is 1.58 bits per heavy atom. The number of aliphatic hydroxyl groups excluding tert-OH is 1. The van der Waals surface area contributed by atoms with Gasteiger partial charge in [0.2, 0.25) is 16.0 Å². The zero-order chi connectivity index (χ0) is 26.5. The lowest BCUT2D eigenvalue weighted by atomic mass is 9.93. The van der Waals surface area contributed by atoms with E-state index in [-0.39, 0.29) is 22.6 Å². The molecule has 3 N–H and O–H groups in total. The number of hydrogen-bond acceptors (Lipinski definition) is 10. The number of benzene rings is 1. The predicted molar refractivity (Wildman–Crippen MR) is 141 cm³/mol. The van der Waals surface area contributed by atoms with Crippen molar-refractivity contribution in [3.8, 4) is 0 Å². The summed E-state index contributed by atoms with van der Waals surface area (Å²) in [6.45, 7) is 3.89. The van der Waals surface area contributed by atoms with Crippen LogP contribution < -0.4 is 15.5 Å². The summed E-state index contributed by atoms with van der Waals surface area (Å²) in [5, 5.41) is 16.1. The van der Waals surface area contributed by atoms with Gasteiger partial charge in [-0.15, -0.1) is 0 Å². The van der Waals surface area contributed by atoms with Gasteiger partial charge in [0, 0.05) is 44.1 Å². The third kappa shape index (κ3) is 6.24. The van der Waals surface area contributed by atoms with E-state index < -0.39 is 15.9 Å². The molecule has 5 rings (SSSR count). The summed E-state index contributed by atoms with van der Waals surface area (Å²) in [5.41, 5.74) is 0.748. The third-order valence-electron chi connectivity index (χ3n) is 7.07. The largest absolute Gasteiger partial charge is 0.393 e. The quantitative estimate of drug-likeness (QED) is 0.464. The van der Waals surface area contributed by atoms with Crippen molar-refractivity contribution < 1.29 is 27.8 Å². The standard InChI is InChI=1S/C25H34N6O6S/c32-20-5-1-18(2-6-20)27-23-22(17-26-25(29-23)30-9-13-36-14-10-30)24(33)28-19-3-7-21(8-4-19)38(34,35)31-11-15-37-16-12-31/h3-4,7-8,17-18,20,32H,1-2,5-6,9-16H2,(H,28,33)(H,26,27,29). The summed E-state index contributed by atoms with van der Waals surface area (Å²) in [7, 11) is -3.62. The van der Waals surface area contributed by atoms with E-state index in [0.717, 1.165) is 12.8 Å². The van der Waals surface area contributed by atoms with E-state index >= 15 is 0 Å². The summed E-state index contributed by atoms with van der Waals surface area (Å²) in [4.78, 5) is 24.6. The second-order valence-corrected chi connectivity index (χ2v) is 11.6. The number of carbonyl (C=O) groups excluding carboxylic acids is 1. The highest BCUT2D eigenvalue weighted by molar-refractivity contribution is 7.89. The van der Waals surface area contributed by atoms with Crippen molar-refractivity contribution >= 4 is 33.4 Å². The van der Waals surface area contributed by atoms with Gasteiger partial charge in [-0.25, -0.2) is 13.4 Å².